The van der Waals surface area contributed by atoms with Crippen LogP contribution in [0.4, 0.5) is 5.69 Å². The number of anilines is 1. The van der Waals surface area contributed by atoms with Gasteiger partial charge in [-0.3, -0.25) is 13.9 Å². The Morgan fingerprint density at radius 1 is 0.944 bits per heavy atom. The lowest BCUT2D eigenvalue weighted by Crippen LogP contribution is -2.40. The molecule has 0 radical (unpaired) electrons. The third-order valence-corrected chi connectivity index (χ3v) is 8.17. The first-order valence-electron chi connectivity index (χ1n) is 12.2. The van der Waals surface area contributed by atoms with Gasteiger partial charge in [0.1, 0.15) is 6.54 Å². The molecule has 4 rings (SSSR count). The predicted octanol–water partition coefficient (Wildman–Crippen LogP) is 3.88. The van der Waals surface area contributed by atoms with Gasteiger partial charge in [0, 0.05) is 26.1 Å². The summed E-state index contributed by atoms with van der Waals surface area (Å²) in [5.74, 6) is -0.272. The zero-order valence-electron chi connectivity index (χ0n) is 20.4. The van der Waals surface area contributed by atoms with E-state index in [9.17, 15) is 18.0 Å². The van der Waals surface area contributed by atoms with Gasteiger partial charge >= 0.3 is 0 Å². The molecule has 0 saturated carbocycles. The van der Waals surface area contributed by atoms with Crippen molar-refractivity contribution in [3.63, 3.8) is 0 Å². The molecule has 0 bridgehead atoms. The molecule has 1 fully saturated rings. The molecule has 1 heterocycles. The van der Waals surface area contributed by atoms with Crippen LogP contribution in [0.3, 0.4) is 0 Å². The highest BCUT2D eigenvalue weighted by Gasteiger charge is 2.27. The smallest absolute Gasteiger partial charge is 0.264 e. The Labute approximate surface area is 212 Å². The number of carbonyl (C=O) groups excluding carboxylic acids is 2. The van der Waals surface area contributed by atoms with E-state index in [1.54, 1.807) is 30.3 Å². The standard InChI is InChI=1S/C28H31N3O4S/c1-2-22-14-16-25(17-15-22)31(36(34,35)26-11-4-3-5-12-26)21-27(32)29-19-23-9-6-7-10-24(23)20-30-18-8-13-28(30)33/h3-7,9-12,14-17H,2,8,13,18-21H2,1H3,(H,29,32). The minimum absolute atomic E-state index is 0.123. The van der Waals surface area contributed by atoms with Gasteiger partial charge in [-0.05, 0) is 53.8 Å². The zero-order chi connectivity index (χ0) is 25.5. The largest absolute Gasteiger partial charge is 0.350 e. The SMILES string of the molecule is CCc1ccc(N(CC(=O)NCc2ccccc2CN2CCCC2=O)S(=O)(=O)c2ccccc2)cc1. The van der Waals surface area contributed by atoms with Gasteiger partial charge in [-0.2, -0.15) is 0 Å². The Hall–Kier alpha value is -3.65. The van der Waals surface area contributed by atoms with Crippen molar-refractivity contribution in [1.29, 1.82) is 0 Å². The van der Waals surface area contributed by atoms with Gasteiger partial charge in [0.25, 0.3) is 10.0 Å². The van der Waals surface area contributed by atoms with E-state index >= 15 is 0 Å². The van der Waals surface area contributed by atoms with Crippen LogP contribution >= 0.6 is 0 Å². The Morgan fingerprint density at radius 2 is 1.61 bits per heavy atom. The number of likely N-dealkylation sites (tertiary alicyclic amines) is 1. The van der Waals surface area contributed by atoms with Gasteiger partial charge in [-0.1, -0.05) is 61.5 Å². The first kappa shape index (κ1) is 25.4. The van der Waals surface area contributed by atoms with Crippen LogP contribution in [0.15, 0.2) is 83.8 Å². The van der Waals surface area contributed by atoms with Crippen LogP contribution in [0.1, 0.15) is 36.5 Å². The van der Waals surface area contributed by atoms with Crippen molar-refractivity contribution in [2.45, 2.75) is 44.2 Å². The molecule has 188 valence electrons. The van der Waals surface area contributed by atoms with Crippen molar-refractivity contribution >= 4 is 27.5 Å². The number of hydrogen-bond acceptors (Lipinski definition) is 4. The van der Waals surface area contributed by atoms with Crippen LogP contribution in [-0.2, 0) is 39.1 Å². The Kier molecular flexibility index (Phi) is 8.05. The van der Waals surface area contributed by atoms with Gasteiger partial charge in [0.2, 0.25) is 11.8 Å². The summed E-state index contributed by atoms with van der Waals surface area (Å²) in [6.45, 7) is 3.16. The average molecular weight is 506 g/mol. The number of benzene rings is 3. The number of hydrogen-bond donors (Lipinski definition) is 1. The first-order chi connectivity index (χ1) is 17.4. The topological polar surface area (TPSA) is 86.8 Å². The van der Waals surface area contributed by atoms with Crippen LogP contribution in [0.5, 0.6) is 0 Å². The molecular formula is C28H31N3O4S. The fourth-order valence-electron chi connectivity index (χ4n) is 4.27. The highest BCUT2D eigenvalue weighted by molar-refractivity contribution is 7.92. The summed E-state index contributed by atoms with van der Waals surface area (Å²) < 4.78 is 28.1. The number of amides is 2. The van der Waals surface area contributed by atoms with E-state index in [1.165, 1.54) is 12.1 Å². The van der Waals surface area contributed by atoms with Gasteiger partial charge < -0.3 is 10.2 Å². The molecule has 1 aliphatic rings. The van der Waals surface area contributed by atoms with E-state index < -0.39 is 15.9 Å². The molecule has 0 spiro atoms. The lowest BCUT2D eigenvalue weighted by Gasteiger charge is -2.24. The molecule has 0 unspecified atom stereocenters. The lowest BCUT2D eigenvalue weighted by molar-refractivity contribution is -0.128. The summed E-state index contributed by atoms with van der Waals surface area (Å²) in [4.78, 5) is 27.0. The van der Waals surface area contributed by atoms with Crippen molar-refractivity contribution in [1.82, 2.24) is 10.2 Å². The maximum absolute atomic E-state index is 13.5. The van der Waals surface area contributed by atoms with E-state index in [1.807, 2.05) is 48.2 Å². The summed E-state index contributed by atoms with van der Waals surface area (Å²) in [5, 5.41) is 2.87. The third-order valence-electron chi connectivity index (χ3n) is 6.38. The van der Waals surface area contributed by atoms with Crippen molar-refractivity contribution < 1.29 is 18.0 Å². The van der Waals surface area contributed by atoms with Gasteiger partial charge in [-0.15, -0.1) is 0 Å². The van der Waals surface area contributed by atoms with Gasteiger partial charge in [-0.25, -0.2) is 8.42 Å². The quantitative estimate of drug-likeness (QED) is 0.453. The minimum atomic E-state index is -3.95. The monoisotopic (exact) mass is 505 g/mol. The van der Waals surface area contributed by atoms with E-state index in [-0.39, 0.29) is 23.9 Å². The highest BCUT2D eigenvalue weighted by atomic mass is 32.2. The second kappa shape index (κ2) is 11.4. The molecular weight excluding hydrogens is 474 g/mol. The lowest BCUT2D eigenvalue weighted by atomic mass is 10.1. The summed E-state index contributed by atoms with van der Waals surface area (Å²) in [6, 6.07) is 23.0. The molecule has 0 aliphatic carbocycles. The van der Waals surface area contributed by atoms with E-state index in [2.05, 4.69) is 5.32 Å². The third kappa shape index (κ3) is 5.94. The van der Waals surface area contributed by atoms with E-state index in [0.29, 0.717) is 18.7 Å². The van der Waals surface area contributed by atoms with Crippen LogP contribution < -0.4 is 9.62 Å². The molecule has 8 heteroatoms. The summed E-state index contributed by atoms with van der Waals surface area (Å²) in [7, 11) is -3.95. The Morgan fingerprint density at radius 3 is 2.25 bits per heavy atom. The number of carbonyl (C=O) groups is 2. The molecule has 3 aromatic carbocycles. The molecule has 1 N–H and O–H groups in total. The normalized spacial score (nSPS) is 13.6. The Bertz CT molecular complexity index is 1310. The first-order valence-corrected chi connectivity index (χ1v) is 13.6. The predicted molar refractivity (Wildman–Crippen MR) is 140 cm³/mol. The summed E-state index contributed by atoms with van der Waals surface area (Å²) in [6.07, 6.45) is 2.27. The minimum Gasteiger partial charge on any atom is -0.350 e. The molecule has 1 saturated heterocycles. The van der Waals surface area contributed by atoms with Crippen molar-refractivity contribution in [3.8, 4) is 0 Å². The number of rotatable bonds is 10. The summed E-state index contributed by atoms with van der Waals surface area (Å²) >= 11 is 0. The molecule has 3 aromatic rings. The molecule has 2 amide bonds. The average Bonchev–Trinajstić information content (AvgIpc) is 3.31. The van der Waals surface area contributed by atoms with Crippen LogP contribution in [0, 0.1) is 0 Å². The van der Waals surface area contributed by atoms with Crippen molar-refractivity contribution in [2.24, 2.45) is 0 Å². The van der Waals surface area contributed by atoms with Crippen LogP contribution in [-0.4, -0.2) is 38.2 Å². The van der Waals surface area contributed by atoms with Crippen molar-refractivity contribution in [2.75, 3.05) is 17.4 Å². The van der Waals surface area contributed by atoms with Crippen LogP contribution in [0.2, 0.25) is 0 Å². The molecule has 36 heavy (non-hydrogen) atoms. The number of aryl methyl sites for hydroxylation is 1. The molecule has 1 aliphatic heterocycles. The zero-order valence-corrected chi connectivity index (χ0v) is 21.2. The fraction of sp³-hybridized carbons (Fsp3) is 0.286. The van der Waals surface area contributed by atoms with E-state index in [0.717, 1.165) is 40.4 Å². The van der Waals surface area contributed by atoms with Crippen molar-refractivity contribution in [3.05, 3.63) is 95.6 Å². The second-order valence-corrected chi connectivity index (χ2v) is 10.7. The summed E-state index contributed by atoms with van der Waals surface area (Å²) in [5.41, 5.74) is 3.37. The highest BCUT2D eigenvalue weighted by Crippen LogP contribution is 2.24. The number of sulfonamides is 1. The van der Waals surface area contributed by atoms with Gasteiger partial charge in [0.15, 0.2) is 0 Å². The molecule has 0 atom stereocenters. The van der Waals surface area contributed by atoms with Gasteiger partial charge in [0.05, 0.1) is 10.6 Å². The molecule has 0 aromatic heterocycles. The van der Waals surface area contributed by atoms with Crippen LogP contribution in [0.25, 0.3) is 0 Å². The fourth-order valence-corrected chi connectivity index (χ4v) is 5.72. The maximum atomic E-state index is 13.5. The molecule has 7 nitrogen and oxygen atoms in total. The number of nitrogens with one attached hydrogen (secondary N) is 1. The second-order valence-electron chi connectivity index (χ2n) is 8.81. The maximum Gasteiger partial charge on any atom is 0.264 e. The number of nitrogens with zero attached hydrogens (tertiary/aromatic N) is 2. The van der Waals surface area contributed by atoms with E-state index in [4.69, 9.17) is 0 Å². The Balaban J connectivity index is 1.51.